The molecular weight excluding hydrogens is 320 g/mol. The van der Waals surface area contributed by atoms with Crippen LogP contribution >= 0.6 is 0 Å². The summed E-state index contributed by atoms with van der Waals surface area (Å²) < 4.78 is 5.34. The molecule has 6 nitrogen and oxygen atoms in total. The minimum absolute atomic E-state index is 0.0478. The first-order valence-corrected chi connectivity index (χ1v) is 7.14. The minimum Gasteiger partial charge on any atom is -0.474 e. The van der Waals surface area contributed by atoms with Gasteiger partial charge in [-0.2, -0.15) is 5.26 Å². The summed E-state index contributed by atoms with van der Waals surface area (Å²) in [5, 5.41) is 28.6. The molecule has 0 heterocycles. The van der Waals surface area contributed by atoms with Gasteiger partial charge >= 0.3 is 5.69 Å². The van der Waals surface area contributed by atoms with Crippen molar-refractivity contribution in [3.8, 4) is 35.5 Å². The van der Waals surface area contributed by atoms with Crippen molar-refractivity contribution in [2.75, 3.05) is 13.2 Å². The zero-order chi connectivity index (χ0) is 18.1. The molecule has 0 aliphatic carbocycles. The average molecular weight is 332 g/mol. The molecule has 25 heavy (non-hydrogen) atoms. The number of hydrogen-bond acceptors (Lipinski definition) is 5. The Morgan fingerprint density at radius 1 is 1.12 bits per heavy atom. The summed E-state index contributed by atoms with van der Waals surface area (Å²) in [6, 6.07) is 13.0. The predicted octanol–water partition coefficient (Wildman–Crippen LogP) is 2.24. The van der Waals surface area contributed by atoms with Crippen LogP contribution in [0.5, 0.6) is 5.75 Å². The molecule has 0 bridgehead atoms. The molecule has 0 saturated carbocycles. The third kappa shape index (κ3) is 4.84. The van der Waals surface area contributed by atoms with Gasteiger partial charge in [0, 0.05) is 17.2 Å². The van der Waals surface area contributed by atoms with Crippen molar-refractivity contribution in [1.29, 1.82) is 5.26 Å². The highest BCUT2D eigenvalue weighted by Crippen LogP contribution is 2.27. The van der Waals surface area contributed by atoms with Crippen molar-refractivity contribution in [2.24, 2.45) is 0 Å². The van der Waals surface area contributed by atoms with Crippen molar-refractivity contribution in [3.05, 3.63) is 69.3 Å². The quantitative estimate of drug-likeness (QED) is 0.528. The van der Waals surface area contributed by atoms with Gasteiger partial charge in [-0.1, -0.05) is 35.8 Å². The summed E-state index contributed by atoms with van der Waals surface area (Å²) in [6.07, 6.45) is 0. The molecule has 0 unspecified atom stereocenters. The van der Waals surface area contributed by atoms with E-state index in [-0.39, 0.29) is 30.2 Å². The third-order valence-corrected chi connectivity index (χ3v) is 3.04. The zero-order valence-electron chi connectivity index (χ0n) is 13.0. The van der Waals surface area contributed by atoms with Crippen LogP contribution in [-0.4, -0.2) is 23.2 Å². The Morgan fingerprint density at radius 3 is 2.40 bits per heavy atom. The molecule has 0 spiro atoms. The topological polar surface area (TPSA) is 96.4 Å². The number of aliphatic hydroxyl groups is 1. The maximum Gasteiger partial charge on any atom is 0.312 e. The normalized spacial score (nSPS) is 8.96. The average Bonchev–Trinajstić information content (AvgIpc) is 2.64. The van der Waals surface area contributed by atoms with E-state index in [2.05, 4.69) is 23.7 Å². The Labute approximate surface area is 144 Å². The summed E-state index contributed by atoms with van der Waals surface area (Å²) in [4.78, 5) is 10.4. The molecule has 0 aliphatic rings. The van der Waals surface area contributed by atoms with Crippen molar-refractivity contribution in [1.82, 2.24) is 0 Å². The molecule has 122 valence electrons. The van der Waals surface area contributed by atoms with Crippen LogP contribution in [0.2, 0.25) is 0 Å². The van der Waals surface area contributed by atoms with E-state index in [4.69, 9.17) is 15.1 Å². The number of ether oxygens (including phenoxy) is 1. The lowest BCUT2D eigenvalue weighted by Gasteiger charge is -2.03. The van der Waals surface area contributed by atoms with Gasteiger partial charge in [-0.3, -0.25) is 10.1 Å². The summed E-state index contributed by atoms with van der Waals surface area (Å²) in [5.74, 6) is 11.1. The van der Waals surface area contributed by atoms with Crippen LogP contribution in [0.15, 0.2) is 42.5 Å². The second kappa shape index (κ2) is 8.74. The van der Waals surface area contributed by atoms with Crippen LogP contribution in [0.4, 0.5) is 5.69 Å². The lowest BCUT2D eigenvalue weighted by atomic mass is 10.1. The SMILES string of the molecule is N#Cc1ccc(OCC#Cc2ccccc2C#CCO)c([N+](=O)[O-])c1. The molecule has 0 amide bonds. The van der Waals surface area contributed by atoms with E-state index in [0.717, 1.165) is 6.07 Å². The zero-order valence-corrected chi connectivity index (χ0v) is 13.0. The van der Waals surface area contributed by atoms with Gasteiger partial charge in [0.05, 0.1) is 16.6 Å². The highest BCUT2D eigenvalue weighted by Gasteiger charge is 2.15. The molecule has 0 atom stereocenters. The van der Waals surface area contributed by atoms with Crippen LogP contribution in [0.25, 0.3) is 0 Å². The van der Waals surface area contributed by atoms with Gasteiger partial charge in [-0.05, 0) is 24.3 Å². The maximum atomic E-state index is 11.0. The molecule has 6 heteroatoms. The number of nitrogens with zero attached hydrogens (tertiary/aromatic N) is 2. The first-order valence-electron chi connectivity index (χ1n) is 7.14. The molecule has 0 radical (unpaired) electrons. The van der Waals surface area contributed by atoms with E-state index in [0.29, 0.717) is 11.1 Å². The minimum atomic E-state index is -0.608. The second-order valence-corrected chi connectivity index (χ2v) is 4.65. The van der Waals surface area contributed by atoms with E-state index in [1.807, 2.05) is 12.1 Å². The Hall–Kier alpha value is -3.79. The highest BCUT2D eigenvalue weighted by atomic mass is 16.6. The number of nitro groups is 1. The van der Waals surface area contributed by atoms with Gasteiger partial charge in [-0.25, -0.2) is 0 Å². The van der Waals surface area contributed by atoms with Crippen molar-refractivity contribution >= 4 is 5.69 Å². The van der Waals surface area contributed by atoms with Crippen LogP contribution in [0, 0.1) is 45.1 Å². The Bertz CT molecular complexity index is 953. The van der Waals surface area contributed by atoms with Gasteiger partial charge in [0.2, 0.25) is 0 Å². The Morgan fingerprint density at radius 2 is 1.80 bits per heavy atom. The van der Waals surface area contributed by atoms with E-state index >= 15 is 0 Å². The summed E-state index contributed by atoms with van der Waals surface area (Å²) in [7, 11) is 0. The fraction of sp³-hybridized carbons (Fsp3) is 0.105. The molecule has 0 saturated heterocycles. The number of nitriles is 1. The molecule has 0 fully saturated rings. The van der Waals surface area contributed by atoms with E-state index in [9.17, 15) is 10.1 Å². The van der Waals surface area contributed by atoms with Crippen molar-refractivity contribution < 1.29 is 14.8 Å². The van der Waals surface area contributed by atoms with Gasteiger partial charge in [0.15, 0.2) is 5.75 Å². The molecular formula is C19H12N2O4. The number of rotatable bonds is 3. The monoisotopic (exact) mass is 332 g/mol. The van der Waals surface area contributed by atoms with E-state index in [1.54, 1.807) is 18.2 Å². The predicted molar refractivity (Wildman–Crippen MR) is 90.6 cm³/mol. The standard InChI is InChI=1S/C19H12N2O4/c20-14-15-9-10-19(18(13-15)21(23)24)25-12-4-8-17-6-2-1-5-16(17)7-3-11-22/h1-2,5-6,9-10,13,22H,11-12H2. The van der Waals surface area contributed by atoms with E-state index in [1.165, 1.54) is 12.1 Å². The summed E-state index contributed by atoms with van der Waals surface area (Å²) >= 11 is 0. The fourth-order valence-corrected chi connectivity index (χ4v) is 1.93. The summed E-state index contributed by atoms with van der Waals surface area (Å²) in [5.41, 5.74) is 1.24. The van der Waals surface area contributed by atoms with Gasteiger partial charge in [0.1, 0.15) is 13.2 Å². The van der Waals surface area contributed by atoms with Crippen LogP contribution < -0.4 is 4.74 Å². The van der Waals surface area contributed by atoms with E-state index < -0.39 is 4.92 Å². The van der Waals surface area contributed by atoms with Crippen molar-refractivity contribution in [3.63, 3.8) is 0 Å². The largest absolute Gasteiger partial charge is 0.474 e. The van der Waals surface area contributed by atoms with Crippen LogP contribution in [0.3, 0.4) is 0 Å². The Kier molecular flexibility index (Phi) is 6.14. The van der Waals surface area contributed by atoms with Crippen LogP contribution in [0.1, 0.15) is 16.7 Å². The molecule has 2 aromatic rings. The number of aliphatic hydroxyl groups excluding tert-OH is 1. The number of nitro benzene ring substituents is 1. The lowest BCUT2D eigenvalue weighted by molar-refractivity contribution is -0.385. The van der Waals surface area contributed by atoms with Gasteiger partial charge in [-0.15, -0.1) is 0 Å². The van der Waals surface area contributed by atoms with Crippen LogP contribution in [-0.2, 0) is 0 Å². The summed E-state index contributed by atoms with van der Waals surface area (Å²) in [6.45, 7) is -0.304. The second-order valence-electron chi connectivity index (χ2n) is 4.65. The molecule has 0 aliphatic heterocycles. The van der Waals surface area contributed by atoms with Crippen molar-refractivity contribution in [2.45, 2.75) is 0 Å². The molecule has 1 N–H and O–H groups in total. The fourth-order valence-electron chi connectivity index (χ4n) is 1.93. The Balaban J connectivity index is 2.14. The highest BCUT2D eigenvalue weighted by molar-refractivity contribution is 5.52. The molecule has 2 aromatic carbocycles. The lowest BCUT2D eigenvalue weighted by Crippen LogP contribution is -1.99. The first kappa shape index (κ1) is 17.6. The smallest absolute Gasteiger partial charge is 0.312 e. The van der Waals surface area contributed by atoms with Gasteiger partial charge < -0.3 is 9.84 Å². The first-order chi connectivity index (χ1) is 12.2. The molecule has 0 aromatic heterocycles. The molecule has 2 rings (SSSR count). The third-order valence-electron chi connectivity index (χ3n) is 3.04. The number of benzene rings is 2. The number of hydrogen-bond donors (Lipinski definition) is 1. The maximum absolute atomic E-state index is 11.0. The van der Waals surface area contributed by atoms with Gasteiger partial charge in [0.25, 0.3) is 0 Å².